The van der Waals surface area contributed by atoms with E-state index in [-0.39, 0.29) is 18.4 Å². The largest absolute Gasteiger partial charge is 0.490 e. The highest BCUT2D eigenvalue weighted by molar-refractivity contribution is 9.09. The third-order valence-corrected chi connectivity index (χ3v) is 4.02. The Balaban J connectivity index is 2.90. The maximum Gasteiger partial charge on any atom is 0.321 e. The van der Waals surface area contributed by atoms with Crippen LogP contribution in [0.4, 0.5) is 10.5 Å². The molecule has 0 radical (unpaired) electrons. The predicted octanol–water partition coefficient (Wildman–Crippen LogP) is 2.90. The van der Waals surface area contributed by atoms with Gasteiger partial charge in [-0.1, -0.05) is 15.9 Å². The van der Waals surface area contributed by atoms with Gasteiger partial charge in [0.2, 0.25) is 0 Å². The van der Waals surface area contributed by atoms with E-state index in [4.69, 9.17) is 4.74 Å². The van der Waals surface area contributed by atoms with Crippen molar-refractivity contribution in [1.82, 2.24) is 4.90 Å². The van der Waals surface area contributed by atoms with Gasteiger partial charge in [0.05, 0.1) is 11.7 Å². The number of Topliss-reactive ketones (excluding diaryl/α,β-unsaturated/α-hetero) is 1. The molecule has 1 aromatic rings. The van der Waals surface area contributed by atoms with E-state index in [1.165, 1.54) is 6.92 Å². The lowest BCUT2D eigenvalue weighted by molar-refractivity contribution is 0.0998. The molecule has 0 heterocycles. The average Bonchev–Trinajstić information content (AvgIpc) is 2.54. The van der Waals surface area contributed by atoms with Crippen molar-refractivity contribution in [2.45, 2.75) is 26.9 Å². The Hall–Kier alpha value is -1.60. The monoisotopic (exact) mass is 386 g/mol. The van der Waals surface area contributed by atoms with E-state index < -0.39 is 6.10 Å². The number of ketones is 1. The summed E-state index contributed by atoms with van der Waals surface area (Å²) in [4.78, 5) is 25.5. The molecule has 0 saturated carbocycles. The van der Waals surface area contributed by atoms with E-state index in [2.05, 4.69) is 21.2 Å². The van der Waals surface area contributed by atoms with Crippen LogP contribution in [0.1, 0.15) is 31.1 Å². The first kappa shape index (κ1) is 19.4. The average molecular weight is 387 g/mol. The lowest BCUT2D eigenvalue weighted by Gasteiger charge is -2.20. The van der Waals surface area contributed by atoms with Crippen molar-refractivity contribution in [3.8, 4) is 5.75 Å². The standard InChI is InChI=1S/C16H23BrN2O4/c1-4-19(5-2)16(22)18-12-6-7-15(14(8-12)11(3)20)23-10-13(21)9-17/h6-8,13,21H,4-5,9-10H2,1-3H3,(H,18,22)/t13-/m1/s1. The molecule has 2 amide bonds. The van der Waals surface area contributed by atoms with Crippen molar-refractivity contribution < 1.29 is 19.4 Å². The molecular weight excluding hydrogens is 364 g/mol. The number of benzene rings is 1. The van der Waals surface area contributed by atoms with Crippen molar-refractivity contribution in [2.75, 3.05) is 30.3 Å². The lowest BCUT2D eigenvalue weighted by atomic mass is 10.1. The summed E-state index contributed by atoms with van der Waals surface area (Å²) in [5.74, 6) is 0.214. The van der Waals surface area contributed by atoms with Crippen molar-refractivity contribution in [1.29, 1.82) is 0 Å². The first-order chi connectivity index (χ1) is 10.9. The van der Waals surface area contributed by atoms with Crippen LogP contribution in [0.15, 0.2) is 18.2 Å². The Bertz CT molecular complexity index is 547. The summed E-state index contributed by atoms with van der Waals surface area (Å²) < 4.78 is 5.48. The number of aliphatic hydroxyl groups is 1. The minimum atomic E-state index is -0.656. The van der Waals surface area contributed by atoms with Crippen molar-refractivity contribution in [3.63, 3.8) is 0 Å². The van der Waals surface area contributed by atoms with E-state index in [9.17, 15) is 14.7 Å². The fourth-order valence-corrected chi connectivity index (χ4v) is 2.14. The number of nitrogens with one attached hydrogen (secondary N) is 1. The molecule has 128 valence electrons. The van der Waals surface area contributed by atoms with Gasteiger partial charge < -0.3 is 20.1 Å². The number of hydrogen-bond donors (Lipinski definition) is 2. The van der Waals surface area contributed by atoms with Gasteiger partial charge in [-0.2, -0.15) is 0 Å². The van der Waals surface area contributed by atoms with Gasteiger partial charge in [-0.05, 0) is 39.0 Å². The molecule has 2 N–H and O–H groups in total. The highest BCUT2D eigenvalue weighted by Gasteiger charge is 2.14. The first-order valence-electron chi connectivity index (χ1n) is 7.50. The molecule has 0 saturated heterocycles. The van der Waals surface area contributed by atoms with Gasteiger partial charge in [-0.15, -0.1) is 0 Å². The first-order valence-corrected chi connectivity index (χ1v) is 8.62. The van der Waals surface area contributed by atoms with Crippen molar-refractivity contribution in [2.24, 2.45) is 0 Å². The summed E-state index contributed by atoms with van der Waals surface area (Å²) in [5, 5.41) is 12.7. The van der Waals surface area contributed by atoms with Gasteiger partial charge >= 0.3 is 6.03 Å². The van der Waals surface area contributed by atoms with Gasteiger partial charge in [0.1, 0.15) is 12.4 Å². The van der Waals surface area contributed by atoms with Crippen LogP contribution in [0.3, 0.4) is 0 Å². The number of urea groups is 1. The lowest BCUT2D eigenvalue weighted by Crippen LogP contribution is -2.34. The summed E-state index contributed by atoms with van der Waals surface area (Å²) in [6, 6.07) is 4.66. The zero-order valence-electron chi connectivity index (χ0n) is 13.6. The van der Waals surface area contributed by atoms with E-state index in [1.54, 1.807) is 23.1 Å². The number of ether oxygens (including phenoxy) is 1. The molecule has 0 aliphatic rings. The maximum absolute atomic E-state index is 12.1. The molecule has 0 fully saturated rings. The fraction of sp³-hybridized carbons (Fsp3) is 0.500. The molecule has 1 atom stereocenters. The van der Waals surface area contributed by atoms with Crippen molar-refractivity contribution >= 4 is 33.4 Å². The van der Waals surface area contributed by atoms with Crippen LogP contribution in [0, 0.1) is 0 Å². The van der Waals surface area contributed by atoms with Crippen molar-refractivity contribution in [3.05, 3.63) is 23.8 Å². The molecule has 0 unspecified atom stereocenters. The second-order valence-corrected chi connectivity index (χ2v) is 5.64. The minimum absolute atomic E-state index is 0.0800. The number of amides is 2. The van der Waals surface area contributed by atoms with E-state index in [1.807, 2.05) is 13.8 Å². The Morgan fingerprint density at radius 3 is 2.52 bits per heavy atom. The summed E-state index contributed by atoms with van der Waals surface area (Å²) in [6.07, 6.45) is -0.656. The normalized spacial score (nSPS) is 11.7. The Morgan fingerprint density at radius 2 is 2.00 bits per heavy atom. The summed E-state index contributed by atoms with van der Waals surface area (Å²) in [7, 11) is 0. The number of aliphatic hydroxyl groups excluding tert-OH is 1. The van der Waals surface area contributed by atoms with Gasteiger partial charge in [0.15, 0.2) is 5.78 Å². The third kappa shape index (κ3) is 5.84. The third-order valence-electron chi connectivity index (χ3n) is 3.27. The van der Waals surface area contributed by atoms with Gasteiger partial charge in [-0.25, -0.2) is 4.79 Å². The van der Waals surface area contributed by atoms with Crippen LogP contribution in [-0.2, 0) is 0 Å². The number of rotatable bonds is 8. The molecule has 0 aliphatic heterocycles. The zero-order valence-corrected chi connectivity index (χ0v) is 15.2. The van der Waals surface area contributed by atoms with E-state index >= 15 is 0 Å². The van der Waals surface area contributed by atoms with Crippen LogP contribution in [0.5, 0.6) is 5.75 Å². The highest BCUT2D eigenvalue weighted by Crippen LogP contribution is 2.24. The van der Waals surface area contributed by atoms with Gasteiger partial charge in [-0.3, -0.25) is 4.79 Å². The Labute approximate surface area is 144 Å². The number of nitrogens with zero attached hydrogens (tertiary/aromatic N) is 1. The quantitative estimate of drug-likeness (QED) is 0.531. The van der Waals surface area contributed by atoms with E-state index in [0.29, 0.717) is 35.4 Å². The molecule has 1 aromatic carbocycles. The van der Waals surface area contributed by atoms with E-state index in [0.717, 1.165) is 0 Å². The van der Waals surface area contributed by atoms with Gasteiger partial charge in [0, 0.05) is 24.1 Å². The Kier molecular flexibility index (Phi) is 8.05. The second-order valence-electron chi connectivity index (χ2n) is 4.99. The number of anilines is 1. The number of hydrogen-bond acceptors (Lipinski definition) is 4. The minimum Gasteiger partial charge on any atom is -0.490 e. The Morgan fingerprint density at radius 1 is 1.35 bits per heavy atom. The molecule has 0 aromatic heterocycles. The molecule has 0 bridgehead atoms. The maximum atomic E-state index is 12.1. The molecule has 0 spiro atoms. The SMILES string of the molecule is CCN(CC)C(=O)Nc1ccc(OC[C@H](O)CBr)c(C(C)=O)c1. The summed E-state index contributed by atoms with van der Waals surface area (Å²) in [5.41, 5.74) is 0.893. The van der Waals surface area contributed by atoms with Crippen LogP contribution in [-0.4, -0.2) is 53.0 Å². The highest BCUT2D eigenvalue weighted by atomic mass is 79.9. The summed E-state index contributed by atoms with van der Waals surface area (Å²) >= 11 is 3.15. The number of alkyl halides is 1. The zero-order chi connectivity index (χ0) is 17.4. The van der Waals surface area contributed by atoms with Gasteiger partial charge in [0.25, 0.3) is 0 Å². The molecular formula is C16H23BrN2O4. The van der Waals surface area contributed by atoms with Crippen LogP contribution in [0.25, 0.3) is 0 Å². The molecule has 1 rings (SSSR count). The number of carbonyl (C=O) groups excluding carboxylic acids is 2. The molecule has 6 nitrogen and oxygen atoms in total. The fourth-order valence-electron chi connectivity index (χ4n) is 1.95. The molecule has 0 aliphatic carbocycles. The molecule has 23 heavy (non-hydrogen) atoms. The topological polar surface area (TPSA) is 78.9 Å². The smallest absolute Gasteiger partial charge is 0.321 e. The second kappa shape index (κ2) is 9.52. The van der Waals surface area contributed by atoms with Crippen LogP contribution >= 0.6 is 15.9 Å². The van der Waals surface area contributed by atoms with Crippen LogP contribution < -0.4 is 10.1 Å². The summed E-state index contributed by atoms with van der Waals surface area (Å²) in [6.45, 7) is 6.52. The molecule has 7 heteroatoms. The van der Waals surface area contributed by atoms with Crippen LogP contribution in [0.2, 0.25) is 0 Å². The predicted molar refractivity (Wildman–Crippen MR) is 93.7 cm³/mol. The number of halogens is 1. The number of carbonyl (C=O) groups is 2.